The lowest BCUT2D eigenvalue weighted by molar-refractivity contribution is -0.114. The second kappa shape index (κ2) is 8.06. The molecule has 2 heterocycles. The summed E-state index contributed by atoms with van der Waals surface area (Å²) in [5.41, 5.74) is 4.91. The van der Waals surface area contributed by atoms with Crippen molar-refractivity contribution in [3.8, 4) is 5.69 Å². The third-order valence-electron chi connectivity index (χ3n) is 4.04. The molecule has 0 bridgehead atoms. The summed E-state index contributed by atoms with van der Waals surface area (Å²) in [6.45, 7) is 7.43. The van der Waals surface area contributed by atoms with Crippen LogP contribution in [0.5, 0.6) is 0 Å². The number of amides is 1. The van der Waals surface area contributed by atoms with Gasteiger partial charge in [0.1, 0.15) is 0 Å². The number of rotatable bonds is 6. The number of thioether (sulfide) groups is 1. The molecule has 27 heavy (non-hydrogen) atoms. The van der Waals surface area contributed by atoms with Crippen LogP contribution in [0.1, 0.15) is 34.2 Å². The lowest BCUT2D eigenvalue weighted by Gasteiger charge is -2.10. The first-order valence-corrected chi connectivity index (χ1v) is 10.2. The minimum atomic E-state index is -0.192. The predicted octanol–water partition coefficient (Wildman–Crippen LogP) is 4.19. The van der Waals surface area contributed by atoms with Crippen molar-refractivity contribution in [1.82, 2.24) is 14.8 Å². The van der Waals surface area contributed by atoms with Gasteiger partial charge in [-0.3, -0.25) is 9.59 Å². The summed E-state index contributed by atoms with van der Waals surface area (Å²) in [4.78, 5) is 23.8. The molecule has 3 aromatic rings. The SMILES string of the molecule is CC(=O)Nc1nnc(SCC(=O)c2cc(C)n(-c3ccc(C)cc3)c2C)s1. The van der Waals surface area contributed by atoms with Crippen molar-refractivity contribution >= 4 is 39.9 Å². The zero-order chi connectivity index (χ0) is 19.6. The van der Waals surface area contributed by atoms with Crippen molar-refractivity contribution in [2.45, 2.75) is 32.0 Å². The third kappa shape index (κ3) is 4.45. The molecule has 1 amide bonds. The van der Waals surface area contributed by atoms with Crippen LogP contribution in [-0.4, -0.2) is 32.2 Å². The average molecular weight is 401 g/mol. The van der Waals surface area contributed by atoms with Crippen LogP contribution in [0.15, 0.2) is 34.7 Å². The molecular weight excluding hydrogens is 380 g/mol. The van der Waals surface area contributed by atoms with Crippen LogP contribution >= 0.6 is 23.1 Å². The molecular formula is C19H20N4O2S2. The molecule has 0 spiro atoms. The maximum absolute atomic E-state index is 12.7. The standard InChI is InChI=1S/C19H20N4O2S2/c1-11-5-7-15(8-6-11)23-12(2)9-16(13(23)3)17(25)10-26-19-22-21-18(27-19)20-14(4)24/h5-9H,10H2,1-4H3,(H,20,21,24). The first kappa shape index (κ1) is 19.3. The number of anilines is 1. The Labute approximate surface area is 166 Å². The zero-order valence-electron chi connectivity index (χ0n) is 15.6. The Morgan fingerprint density at radius 3 is 2.52 bits per heavy atom. The number of nitrogens with one attached hydrogen (secondary N) is 1. The Hall–Kier alpha value is -2.45. The molecule has 0 unspecified atom stereocenters. The molecule has 0 aliphatic carbocycles. The highest BCUT2D eigenvalue weighted by Crippen LogP contribution is 2.28. The van der Waals surface area contributed by atoms with Crippen LogP contribution in [0.25, 0.3) is 5.69 Å². The van der Waals surface area contributed by atoms with Gasteiger partial charge in [0.25, 0.3) is 0 Å². The highest BCUT2D eigenvalue weighted by atomic mass is 32.2. The van der Waals surface area contributed by atoms with E-state index in [1.807, 2.05) is 19.9 Å². The van der Waals surface area contributed by atoms with E-state index >= 15 is 0 Å². The lowest BCUT2D eigenvalue weighted by Crippen LogP contribution is -2.05. The molecule has 6 nitrogen and oxygen atoms in total. The van der Waals surface area contributed by atoms with Gasteiger partial charge in [0, 0.05) is 29.6 Å². The minimum absolute atomic E-state index is 0.0442. The van der Waals surface area contributed by atoms with Gasteiger partial charge in [-0.2, -0.15) is 0 Å². The number of Topliss-reactive ketones (excluding diaryl/α,β-unsaturated/α-hetero) is 1. The summed E-state index contributed by atoms with van der Waals surface area (Å²) in [5.74, 6) is 0.123. The molecule has 2 aromatic heterocycles. The second-order valence-electron chi connectivity index (χ2n) is 6.22. The van der Waals surface area contributed by atoms with Crippen LogP contribution < -0.4 is 5.32 Å². The number of carbonyl (C=O) groups excluding carboxylic acids is 2. The molecule has 0 atom stereocenters. The molecule has 0 aliphatic heterocycles. The van der Waals surface area contributed by atoms with Gasteiger partial charge in [0.15, 0.2) is 10.1 Å². The Morgan fingerprint density at radius 2 is 1.85 bits per heavy atom. The first-order valence-electron chi connectivity index (χ1n) is 8.38. The van der Waals surface area contributed by atoms with E-state index in [1.54, 1.807) is 0 Å². The fourth-order valence-corrected chi connectivity index (χ4v) is 4.49. The zero-order valence-corrected chi connectivity index (χ0v) is 17.2. The van der Waals surface area contributed by atoms with Crippen LogP contribution in [0.4, 0.5) is 5.13 Å². The van der Waals surface area contributed by atoms with E-state index in [0.29, 0.717) is 15.0 Å². The van der Waals surface area contributed by atoms with Gasteiger partial charge in [0.2, 0.25) is 11.0 Å². The predicted molar refractivity (Wildman–Crippen MR) is 109 cm³/mol. The van der Waals surface area contributed by atoms with Crippen LogP contribution in [0, 0.1) is 20.8 Å². The molecule has 1 aromatic carbocycles. The summed E-state index contributed by atoms with van der Waals surface area (Å²) >= 11 is 2.59. The van der Waals surface area contributed by atoms with E-state index < -0.39 is 0 Å². The van der Waals surface area contributed by atoms with Crippen LogP contribution in [0.2, 0.25) is 0 Å². The Balaban J connectivity index is 1.74. The molecule has 0 saturated heterocycles. The number of hydrogen-bond acceptors (Lipinski definition) is 6. The van der Waals surface area contributed by atoms with Gasteiger partial charge in [-0.05, 0) is 39.0 Å². The topological polar surface area (TPSA) is 76.9 Å². The van der Waals surface area contributed by atoms with Crippen molar-refractivity contribution in [2.24, 2.45) is 0 Å². The summed E-state index contributed by atoms with van der Waals surface area (Å²) < 4.78 is 2.75. The third-order valence-corrected chi connectivity index (χ3v) is 6.01. The van der Waals surface area contributed by atoms with Crippen molar-refractivity contribution in [3.63, 3.8) is 0 Å². The van der Waals surface area contributed by atoms with Gasteiger partial charge in [-0.15, -0.1) is 10.2 Å². The monoisotopic (exact) mass is 400 g/mol. The molecule has 0 radical (unpaired) electrons. The minimum Gasteiger partial charge on any atom is -0.318 e. The molecule has 140 valence electrons. The van der Waals surface area contributed by atoms with Crippen molar-refractivity contribution in [2.75, 3.05) is 11.1 Å². The summed E-state index contributed by atoms with van der Waals surface area (Å²) in [7, 11) is 0. The highest BCUT2D eigenvalue weighted by Gasteiger charge is 2.18. The number of aromatic nitrogens is 3. The van der Waals surface area contributed by atoms with Crippen molar-refractivity contribution in [3.05, 3.63) is 52.8 Å². The number of ketones is 1. The van der Waals surface area contributed by atoms with E-state index in [4.69, 9.17) is 0 Å². The second-order valence-corrected chi connectivity index (χ2v) is 8.42. The molecule has 0 saturated carbocycles. The molecule has 3 rings (SSSR count). The van der Waals surface area contributed by atoms with Gasteiger partial charge in [-0.25, -0.2) is 0 Å². The number of aryl methyl sites for hydroxylation is 2. The molecule has 0 fully saturated rings. The van der Waals surface area contributed by atoms with Crippen LogP contribution in [-0.2, 0) is 4.79 Å². The Kier molecular flexibility index (Phi) is 5.76. The number of nitrogens with zero attached hydrogens (tertiary/aromatic N) is 3. The number of hydrogen-bond donors (Lipinski definition) is 1. The summed E-state index contributed by atoms with van der Waals surface area (Å²) in [6, 6.07) is 10.2. The van der Waals surface area contributed by atoms with Gasteiger partial charge >= 0.3 is 0 Å². The maximum atomic E-state index is 12.7. The average Bonchev–Trinajstić information content (AvgIpc) is 3.17. The number of carbonyl (C=O) groups is 2. The van der Waals surface area contributed by atoms with E-state index in [1.165, 1.54) is 35.6 Å². The molecule has 1 N–H and O–H groups in total. The Morgan fingerprint density at radius 1 is 1.15 bits per heavy atom. The normalized spacial score (nSPS) is 10.8. The van der Waals surface area contributed by atoms with Crippen LogP contribution in [0.3, 0.4) is 0 Å². The fraction of sp³-hybridized carbons (Fsp3) is 0.263. The van der Waals surface area contributed by atoms with Crippen molar-refractivity contribution < 1.29 is 9.59 Å². The highest BCUT2D eigenvalue weighted by molar-refractivity contribution is 8.01. The van der Waals surface area contributed by atoms with Gasteiger partial charge in [0.05, 0.1) is 5.75 Å². The van der Waals surface area contributed by atoms with E-state index in [0.717, 1.165) is 17.1 Å². The molecule has 8 heteroatoms. The van der Waals surface area contributed by atoms with E-state index in [2.05, 4.69) is 51.3 Å². The lowest BCUT2D eigenvalue weighted by atomic mass is 10.2. The number of benzene rings is 1. The van der Waals surface area contributed by atoms with Gasteiger partial charge in [-0.1, -0.05) is 40.8 Å². The summed E-state index contributed by atoms with van der Waals surface area (Å²) in [6.07, 6.45) is 0. The summed E-state index contributed by atoms with van der Waals surface area (Å²) in [5, 5.41) is 10.9. The Bertz CT molecular complexity index is 990. The largest absolute Gasteiger partial charge is 0.318 e. The smallest absolute Gasteiger partial charge is 0.223 e. The fourth-order valence-electron chi connectivity index (χ4n) is 2.81. The molecule has 0 aliphatic rings. The van der Waals surface area contributed by atoms with E-state index in [-0.39, 0.29) is 17.4 Å². The maximum Gasteiger partial charge on any atom is 0.223 e. The quantitative estimate of drug-likeness (QED) is 0.381. The first-order chi connectivity index (χ1) is 12.8. The van der Waals surface area contributed by atoms with Crippen molar-refractivity contribution in [1.29, 1.82) is 0 Å². The van der Waals surface area contributed by atoms with E-state index in [9.17, 15) is 9.59 Å². The van der Waals surface area contributed by atoms with Gasteiger partial charge < -0.3 is 9.88 Å².